The summed E-state index contributed by atoms with van der Waals surface area (Å²) in [7, 11) is 2.11. The molecular weight excluding hydrogens is 244 g/mol. The lowest BCUT2D eigenvalue weighted by Gasteiger charge is -2.35. The number of aromatic nitrogens is 1. The third-order valence-corrected chi connectivity index (χ3v) is 5.44. The standard InChI is InChI=1S/C18H28N2/c1-19-13-15-7-3-2-4-10-16(15)17-11-5-8-14-9-6-12-20-18(14)17/h6,9,12,15-17,19H,2-5,7-8,10-11,13H2,1H3. The van der Waals surface area contributed by atoms with Crippen LogP contribution in [0.15, 0.2) is 18.3 Å². The molecule has 20 heavy (non-hydrogen) atoms. The summed E-state index contributed by atoms with van der Waals surface area (Å²) in [6.07, 6.45) is 13.0. The maximum absolute atomic E-state index is 4.78. The van der Waals surface area contributed by atoms with E-state index in [-0.39, 0.29) is 0 Å². The second-order valence-electron chi connectivity index (χ2n) is 6.67. The molecular formula is C18H28N2. The fourth-order valence-electron chi connectivity index (χ4n) is 4.52. The second-order valence-corrected chi connectivity index (χ2v) is 6.67. The predicted molar refractivity (Wildman–Crippen MR) is 83.9 cm³/mol. The molecule has 1 fully saturated rings. The molecule has 2 nitrogen and oxygen atoms in total. The van der Waals surface area contributed by atoms with Crippen molar-refractivity contribution in [1.82, 2.24) is 10.3 Å². The normalized spacial score (nSPS) is 30.6. The van der Waals surface area contributed by atoms with Gasteiger partial charge in [0.05, 0.1) is 0 Å². The van der Waals surface area contributed by atoms with Gasteiger partial charge in [0.2, 0.25) is 0 Å². The molecule has 1 saturated carbocycles. The lowest BCUT2D eigenvalue weighted by Crippen LogP contribution is -2.31. The minimum Gasteiger partial charge on any atom is -0.319 e. The van der Waals surface area contributed by atoms with Crippen LogP contribution in [0, 0.1) is 11.8 Å². The number of hydrogen-bond donors (Lipinski definition) is 1. The van der Waals surface area contributed by atoms with Crippen molar-refractivity contribution in [2.24, 2.45) is 11.8 Å². The van der Waals surface area contributed by atoms with Crippen LogP contribution in [0.25, 0.3) is 0 Å². The van der Waals surface area contributed by atoms with E-state index in [4.69, 9.17) is 4.98 Å². The Bertz CT molecular complexity index is 429. The molecule has 3 atom stereocenters. The molecule has 2 aliphatic rings. The van der Waals surface area contributed by atoms with Crippen molar-refractivity contribution in [3.8, 4) is 0 Å². The maximum atomic E-state index is 4.78. The Morgan fingerprint density at radius 1 is 1.15 bits per heavy atom. The van der Waals surface area contributed by atoms with E-state index in [1.165, 1.54) is 69.2 Å². The van der Waals surface area contributed by atoms with Crippen LogP contribution >= 0.6 is 0 Å². The van der Waals surface area contributed by atoms with Crippen molar-refractivity contribution in [2.75, 3.05) is 13.6 Å². The molecule has 0 radical (unpaired) electrons. The van der Waals surface area contributed by atoms with Gasteiger partial charge in [-0.05, 0) is 69.2 Å². The smallest absolute Gasteiger partial charge is 0.0469 e. The summed E-state index contributed by atoms with van der Waals surface area (Å²) in [6, 6.07) is 4.41. The average molecular weight is 272 g/mol. The largest absolute Gasteiger partial charge is 0.319 e. The predicted octanol–water partition coefficient (Wildman–Crippen LogP) is 3.92. The topological polar surface area (TPSA) is 24.9 Å². The van der Waals surface area contributed by atoms with E-state index >= 15 is 0 Å². The zero-order valence-corrected chi connectivity index (χ0v) is 12.8. The summed E-state index contributed by atoms with van der Waals surface area (Å²) in [4.78, 5) is 4.78. The number of fused-ring (bicyclic) bond motifs is 1. The molecule has 1 heterocycles. The number of pyridine rings is 1. The molecule has 1 N–H and O–H groups in total. The molecule has 1 aromatic heterocycles. The van der Waals surface area contributed by atoms with Gasteiger partial charge in [0, 0.05) is 17.8 Å². The fraction of sp³-hybridized carbons (Fsp3) is 0.722. The first-order valence-corrected chi connectivity index (χ1v) is 8.48. The highest BCUT2D eigenvalue weighted by atomic mass is 14.8. The summed E-state index contributed by atoms with van der Waals surface area (Å²) in [5, 5.41) is 3.44. The first kappa shape index (κ1) is 14.1. The van der Waals surface area contributed by atoms with E-state index < -0.39 is 0 Å². The Morgan fingerprint density at radius 2 is 2.05 bits per heavy atom. The molecule has 2 heteroatoms. The highest BCUT2D eigenvalue weighted by molar-refractivity contribution is 5.26. The maximum Gasteiger partial charge on any atom is 0.0469 e. The minimum absolute atomic E-state index is 0.719. The molecule has 1 aromatic rings. The Labute approximate surface area is 123 Å². The van der Waals surface area contributed by atoms with Gasteiger partial charge < -0.3 is 5.32 Å². The highest BCUT2D eigenvalue weighted by Crippen LogP contribution is 2.43. The van der Waals surface area contributed by atoms with Gasteiger partial charge in [0.15, 0.2) is 0 Å². The molecule has 0 bridgehead atoms. The Balaban J connectivity index is 1.86. The van der Waals surface area contributed by atoms with Crippen molar-refractivity contribution in [1.29, 1.82) is 0 Å². The summed E-state index contributed by atoms with van der Waals surface area (Å²) in [6.45, 7) is 1.18. The molecule has 0 aromatic carbocycles. The van der Waals surface area contributed by atoms with Crippen LogP contribution in [0.2, 0.25) is 0 Å². The van der Waals surface area contributed by atoms with Crippen molar-refractivity contribution in [3.63, 3.8) is 0 Å². The van der Waals surface area contributed by atoms with Crippen molar-refractivity contribution in [3.05, 3.63) is 29.6 Å². The third-order valence-electron chi connectivity index (χ3n) is 5.44. The van der Waals surface area contributed by atoms with Crippen molar-refractivity contribution in [2.45, 2.75) is 57.3 Å². The number of aryl methyl sites for hydroxylation is 1. The number of rotatable bonds is 3. The van der Waals surface area contributed by atoms with Crippen LogP contribution in [0.1, 0.15) is 62.1 Å². The number of nitrogens with zero attached hydrogens (tertiary/aromatic N) is 1. The van der Waals surface area contributed by atoms with Gasteiger partial charge >= 0.3 is 0 Å². The van der Waals surface area contributed by atoms with Crippen LogP contribution < -0.4 is 5.32 Å². The van der Waals surface area contributed by atoms with E-state index in [0.29, 0.717) is 0 Å². The fourth-order valence-corrected chi connectivity index (χ4v) is 4.52. The number of nitrogens with one attached hydrogen (secondary N) is 1. The van der Waals surface area contributed by atoms with Gasteiger partial charge in [-0.25, -0.2) is 0 Å². The summed E-state index contributed by atoms with van der Waals surface area (Å²) < 4.78 is 0. The second kappa shape index (κ2) is 6.71. The van der Waals surface area contributed by atoms with Gasteiger partial charge in [0.25, 0.3) is 0 Å². The van der Waals surface area contributed by atoms with Crippen LogP contribution in [-0.4, -0.2) is 18.6 Å². The monoisotopic (exact) mass is 272 g/mol. The average Bonchev–Trinajstić information content (AvgIpc) is 2.73. The molecule has 3 unspecified atom stereocenters. The molecule has 0 amide bonds. The van der Waals surface area contributed by atoms with Crippen molar-refractivity contribution >= 4 is 0 Å². The van der Waals surface area contributed by atoms with Crippen LogP contribution in [0.3, 0.4) is 0 Å². The molecule has 0 saturated heterocycles. The van der Waals surface area contributed by atoms with Crippen molar-refractivity contribution < 1.29 is 0 Å². The van der Waals surface area contributed by atoms with Gasteiger partial charge in [-0.2, -0.15) is 0 Å². The van der Waals surface area contributed by atoms with E-state index in [0.717, 1.165) is 17.8 Å². The quantitative estimate of drug-likeness (QED) is 0.844. The first-order chi connectivity index (χ1) is 9.90. The zero-order valence-electron chi connectivity index (χ0n) is 12.8. The summed E-state index contributed by atoms with van der Waals surface area (Å²) in [5.41, 5.74) is 2.96. The van der Waals surface area contributed by atoms with Gasteiger partial charge in [0.1, 0.15) is 0 Å². The summed E-state index contributed by atoms with van der Waals surface area (Å²) >= 11 is 0. The van der Waals surface area contributed by atoms with E-state index in [1.807, 2.05) is 6.20 Å². The Hall–Kier alpha value is -0.890. The lowest BCUT2D eigenvalue weighted by molar-refractivity contribution is 0.238. The Kier molecular flexibility index (Phi) is 4.72. The van der Waals surface area contributed by atoms with Gasteiger partial charge in [-0.3, -0.25) is 4.98 Å². The summed E-state index contributed by atoms with van der Waals surface area (Å²) in [5.74, 6) is 2.41. The Morgan fingerprint density at radius 3 is 2.95 bits per heavy atom. The molecule has 0 spiro atoms. The highest BCUT2D eigenvalue weighted by Gasteiger charge is 2.34. The van der Waals surface area contributed by atoms with E-state index in [9.17, 15) is 0 Å². The van der Waals surface area contributed by atoms with Crippen LogP contribution in [0.5, 0.6) is 0 Å². The molecule has 3 rings (SSSR count). The molecule has 110 valence electrons. The first-order valence-electron chi connectivity index (χ1n) is 8.48. The van der Waals surface area contributed by atoms with Crippen LogP contribution in [-0.2, 0) is 6.42 Å². The minimum atomic E-state index is 0.719. The van der Waals surface area contributed by atoms with Gasteiger partial charge in [-0.15, -0.1) is 0 Å². The molecule has 0 aliphatic heterocycles. The lowest BCUT2D eigenvalue weighted by atomic mass is 9.71. The molecule has 2 aliphatic carbocycles. The van der Waals surface area contributed by atoms with E-state index in [2.05, 4.69) is 24.5 Å². The van der Waals surface area contributed by atoms with Crippen LogP contribution in [0.4, 0.5) is 0 Å². The zero-order chi connectivity index (χ0) is 13.8. The van der Waals surface area contributed by atoms with E-state index in [1.54, 1.807) is 0 Å². The third kappa shape index (κ3) is 2.90. The van der Waals surface area contributed by atoms with Gasteiger partial charge in [-0.1, -0.05) is 25.3 Å². The number of hydrogen-bond acceptors (Lipinski definition) is 2. The SMILES string of the molecule is CNCC1CCCCCC1C1CCCc2cccnc21.